The summed E-state index contributed by atoms with van der Waals surface area (Å²) in [7, 11) is 0. The predicted molar refractivity (Wildman–Crippen MR) is 70.9 cm³/mol. The summed E-state index contributed by atoms with van der Waals surface area (Å²) in [6.07, 6.45) is 1.69. The summed E-state index contributed by atoms with van der Waals surface area (Å²) in [6.45, 7) is 0.905. The minimum Gasteiger partial charge on any atom is -0.377 e. The number of carbonyl (C=O) groups excluding carboxylic acids is 2. The van der Waals surface area contributed by atoms with Crippen molar-refractivity contribution in [1.82, 2.24) is 15.1 Å². The Kier molecular flexibility index (Phi) is 3.11. The van der Waals surface area contributed by atoms with E-state index in [1.807, 2.05) is 6.07 Å². The number of aromatic amines is 1. The van der Waals surface area contributed by atoms with Gasteiger partial charge in [0, 0.05) is 17.5 Å². The fourth-order valence-corrected chi connectivity index (χ4v) is 2.32. The number of nitrogens with two attached hydrogens (primary N) is 1. The van der Waals surface area contributed by atoms with Crippen molar-refractivity contribution in [2.24, 2.45) is 5.73 Å². The highest BCUT2D eigenvalue weighted by molar-refractivity contribution is 6.00. The van der Waals surface area contributed by atoms with E-state index < -0.39 is 11.9 Å². The van der Waals surface area contributed by atoms with Crippen molar-refractivity contribution in [2.75, 3.05) is 19.8 Å². The van der Waals surface area contributed by atoms with Crippen LogP contribution >= 0.6 is 0 Å². The van der Waals surface area contributed by atoms with E-state index in [1.54, 1.807) is 18.3 Å². The molecule has 1 fully saturated rings. The number of aromatic nitrogens is 2. The van der Waals surface area contributed by atoms with Crippen LogP contribution in [0.4, 0.5) is 0 Å². The van der Waals surface area contributed by atoms with Crippen LogP contribution < -0.4 is 5.73 Å². The maximum absolute atomic E-state index is 12.5. The van der Waals surface area contributed by atoms with E-state index in [0.29, 0.717) is 18.7 Å². The maximum atomic E-state index is 12.5. The largest absolute Gasteiger partial charge is 0.377 e. The Morgan fingerprint density at radius 3 is 3.10 bits per heavy atom. The molecular weight excluding hydrogens is 260 g/mol. The summed E-state index contributed by atoms with van der Waals surface area (Å²) in [6, 6.07) is 4.53. The topological polar surface area (TPSA) is 101 Å². The number of rotatable bonds is 2. The number of ether oxygens (including phenoxy) is 1. The van der Waals surface area contributed by atoms with Crippen molar-refractivity contribution >= 4 is 22.7 Å². The highest BCUT2D eigenvalue weighted by Crippen LogP contribution is 2.17. The predicted octanol–water partition coefficient (Wildman–Crippen LogP) is -0.111. The van der Waals surface area contributed by atoms with Crippen LogP contribution in [0.3, 0.4) is 0 Å². The van der Waals surface area contributed by atoms with Gasteiger partial charge in [0.15, 0.2) is 0 Å². The van der Waals surface area contributed by atoms with Crippen LogP contribution in [0.15, 0.2) is 24.4 Å². The Labute approximate surface area is 114 Å². The lowest BCUT2D eigenvalue weighted by Crippen LogP contribution is -2.54. The molecule has 3 N–H and O–H groups in total. The first-order valence-electron chi connectivity index (χ1n) is 6.28. The zero-order valence-corrected chi connectivity index (χ0v) is 10.7. The molecule has 1 aliphatic rings. The molecule has 3 rings (SSSR count). The minimum atomic E-state index is -0.714. The number of nitrogens with zero attached hydrogens (tertiary/aromatic N) is 2. The molecule has 2 aromatic rings. The van der Waals surface area contributed by atoms with Crippen LogP contribution in [0.25, 0.3) is 10.9 Å². The molecule has 7 heteroatoms. The van der Waals surface area contributed by atoms with Gasteiger partial charge in [0.1, 0.15) is 6.04 Å². The molecule has 2 amide bonds. The van der Waals surface area contributed by atoms with Gasteiger partial charge in [0.2, 0.25) is 5.91 Å². The number of hydrogen-bond acceptors (Lipinski definition) is 4. The highest BCUT2D eigenvalue weighted by atomic mass is 16.5. The van der Waals surface area contributed by atoms with Gasteiger partial charge in [-0.1, -0.05) is 6.07 Å². The van der Waals surface area contributed by atoms with Crippen molar-refractivity contribution in [1.29, 1.82) is 0 Å². The van der Waals surface area contributed by atoms with Gasteiger partial charge in [0.25, 0.3) is 5.91 Å². The van der Waals surface area contributed by atoms with Gasteiger partial charge >= 0.3 is 0 Å². The SMILES string of the molecule is NC(=O)C1COCCN1C(=O)c1ccc2cn[nH]c2c1. The molecule has 1 unspecified atom stereocenters. The molecule has 0 bridgehead atoms. The van der Waals surface area contributed by atoms with Gasteiger partial charge in [-0.15, -0.1) is 0 Å². The molecular formula is C13H14N4O3. The lowest BCUT2D eigenvalue weighted by molar-refractivity contribution is -0.127. The third kappa shape index (κ3) is 2.12. The number of benzene rings is 1. The lowest BCUT2D eigenvalue weighted by atomic mass is 10.1. The standard InChI is InChI=1S/C13H14N4O3/c14-12(18)11-7-20-4-3-17(11)13(19)8-1-2-9-6-15-16-10(9)5-8/h1-2,5-6,11H,3-4,7H2,(H2,14,18)(H,15,16). The quantitative estimate of drug-likeness (QED) is 0.797. The Morgan fingerprint density at radius 2 is 2.30 bits per heavy atom. The third-order valence-electron chi connectivity index (χ3n) is 3.41. The maximum Gasteiger partial charge on any atom is 0.254 e. The Balaban J connectivity index is 1.91. The van der Waals surface area contributed by atoms with Gasteiger partial charge in [0.05, 0.1) is 24.9 Å². The molecule has 0 radical (unpaired) electrons. The molecule has 104 valence electrons. The number of primary amides is 1. The molecule has 20 heavy (non-hydrogen) atoms. The molecule has 1 saturated heterocycles. The van der Waals surface area contributed by atoms with Crippen molar-refractivity contribution in [3.8, 4) is 0 Å². The number of H-pyrrole nitrogens is 1. The van der Waals surface area contributed by atoms with E-state index in [2.05, 4.69) is 10.2 Å². The fourth-order valence-electron chi connectivity index (χ4n) is 2.32. The summed E-state index contributed by atoms with van der Waals surface area (Å²) >= 11 is 0. The first kappa shape index (κ1) is 12.6. The molecule has 1 aromatic carbocycles. The van der Waals surface area contributed by atoms with Crippen LogP contribution in [0.2, 0.25) is 0 Å². The van der Waals surface area contributed by atoms with Gasteiger partial charge in [-0.05, 0) is 12.1 Å². The van der Waals surface area contributed by atoms with Crippen LogP contribution in [0.1, 0.15) is 10.4 Å². The summed E-state index contributed by atoms with van der Waals surface area (Å²) in [5.41, 5.74) is 6.59. The monoisotopic (exact) mass is 274 g/mol. The molecule has 2 heterocycles. The van der Waals surface area contributed by atoms with E-state index in [1.165, 1.54) is 4.90 Å². The molecule has 1 aliphatic heterocycles. The second-order valence-electron chi connectivity index (χ2n) is 4.66. The summed E-state index contributed by atoms with van der Waals surface area (Å²) in [4.78, 5) is 25.4. The number of fused-ring (bicyclic) bond motifs is 1. The van der Waals surface area contributed by atoms with E-state index in [0.717, 1.165) is 10.9 Å². The molecule has 1 atom stereocenters. The molecule has 1 aromatic heterocycles. The fraction of sp³-hybridized carbons (Fsp3) is 0.308. The van der Waals surface area contributed by atoms with E-state index >= 15 is 0 Å². The average molecular weight is 274 g/mol. The van der Waals surface area contributed by atoms with Crippen molar-refractivity contribution < 1.29 is 14.3 Å². The first-order valence-corrected chi connectivity index (χ1v) is 6.28. The zero-order chi connectivity index (χ0) is 14.1. The van der Waals surface area contributed by atoms with Gasteiger partial charge in [-0.25, -0.2) is 0 Å². The Hall–Kier alpha value is -2.41. The second kappa shape index (κ2) is 4.93. The van der Waals surface area contributed by atoms with Crippen molar-refractivity contribution in [2.45, 2.75) is 6.04 Å². The number of carbonyl (C=O) groups is 2. The smallest absolute Gasteiger partial charge is 0.254 e. The summed E-state index contributed by atoms with van der Waals surface area (Å²) in [5, 5.41) is 7.65. The van der Waals surface area contributed by atoms with E-state index in [4.69, 9.17) is 10.5 Å². The second-order valence-corrected chi connectivity index (χ2v) is 4.66. The Bertz CT molecular complexity index is 666. The first-order chi connectivity index (χ1) is 9.66. The number of hydrogen-bond donors (Lipinski definition) is 2. The van der Waals surface area contributed by atoms with Crippen molar-refractivity contribution in [3.63, 3.8) is 0 Å². The highest BCUT2D eigenvalue weighted by Gasteiger charge is 2.31. The van der Waals surface area contributed by atoms with Crippen LogP contribution in [0.5, 0.6) is 0 Å². The van der Waals surface area contributed by atoms with Gasteiger partial charge in [-0.2, -0.15) is 5.10 Å². The van der Waals surface area contributed by atoms with Crippen LogP contribution in [0, 0.1) is 0 Å². The lowest BCUT2D eigenvalue weighted by Gasteiger charge is -2.33. The Morgan fingerprint density at radius 1 is 1.45 bits per heavy atom. The molecule has 0 aliphatic carbocycles. The summed E-state index contributed by atoms with van der Waals surface area (Å²) in [5.74, 6) is -0.783. The van der Waals surface area contributed by atoms with E-state index in [-0.39, 0.29) is 12.5 Å². The number of amides is 2. The molecule has 0 spiro atoms. The van der Waals surface area contributed by atoms with Crippen LogP contribution in [-0.4, -0.2) is 52.7 Å². The van der Waals surface area contributed by atoms with Crippen LogP contribution in [-0.2, 0) is 9.53 Å². The average Bonchev–Trinajstić information content (AvgIpc) is 2.93. The normalized spacial score (nSPS) is 19.2. The van der Waals surface area contributed by atoms with Gasteiger partial charge in [-0.3, -0.25) is 14.7 Å². The number of morpholine rings is 1. The zero-order valence-electron chi connectivity index (χ0n) is 10.7. The summed E-state index contributed by atoms with van der Waals surface area (Å²) < 4.78 is 5.21. The minimum absolute atomic E-state index is 0.146. The third-order valence-corrected chi connectivity index (χ3v) is 3.41. The van der Waals surface area contributed by atoms with Crippen molar-refractivity contribution in [3.05, 3.63) is 30.0 Å². The molecule has 7 nitrogen and oxygen atoms in total. The van der Waals surface area contributed by atoms with E-state index in [9.17, 15) is 9.59 Å². The van der Waals surface area contributed by atoms with Gasteiger partial charge < -0.3 is 15.4 Å². The molecule has 0 saturated carbocycles. The number of nitrogens with one attached hydrogen (secondary N) is 1.